The average Bonchev–Trinajstić information content (AvgIpc) is 2.52. The van der Waals surface area contributed by atoms with E-state index in [0.717, 1.165) is 5.56 Å². The fourth-order valence-corrected chi connectivity index (χ4v) is 3.83. The van der Waals surface area contributed by atoms with Crippen LogP contribution in [0.25, 0.3) is 0 Å². The maximum absolute atomic E-state index is 12.6. The van der Waals surface area contributed by atoms with E-state index in [2.05, 4.69) is 10.0 Å². The van der Waals surface area contributed by atoms with E-state index in [-0.39, 0.29) is 17.7 Å². The predicted octanol–water partition coefficient (Wildman–Crippen LogP) is 2.68. The van der Waals surface area contributed by atoms with Gasteiger partial charge in [0.25, 0.3) is 0 Å². The molecule has 6 heteroatoms. The van der Waals surface area contributed by atoms with Crippen LogP contribution in [0.5, 0.6) is 0 Å². The number of nitrogens with one attached hydrogen (secondary N) is 2. The van der Waals surface area contributed by atoms with Gasteiger partial charge in [-0.2, -0.15) is 4.72 Å². The topological polar surface area (TPSA) is 75.3 Å². The Morgan fingerprint density at radius 1 is 1.04 bits per heavy atom. The number of aryl methyl sites for hydroxylation is 1. The van der Waals surface area contributed by atoms with Gasteiger partial charge in [0, 0.05) is 6.04 Å². The van der Waals surface area contributed by atoms with Crippen molar-refractivity contribution in [1.29, 1.82) is 0 Å². The molecule has 2 rings (SSSR count). The molecular weight excluding hydrogens is 336 g/mol. The van der Waals surface area contributed by atoms with Crippen molar-refractivity contribution in [3.63, 3.8) is 0 Å². The second kappa shape index (κ2) is 8.27. The first-order valence-corrected chi connectivity index (χ1v) is 9.83. The lowest BCUT2D eigenvalue weighted by Crippen LogP contribution is -2.43. The summed E-state index contributed by atoms with van der Waals surface area (Å²) in [5, 5.41) is 2.77. The Kier molecular flexibility index (Phi) is 6.33. The Labute approximate surface area is 149 Å². The van der Waals surface area contributed by atoms with Crippen molar-refractivity contribution in [1.82, 2.24) is 10.0 Å². The molecule has 1 amide bonds. The molecule has 0 heterocycles. The molecule has 134 valence electrons. The summed E-state index contributed by atoms with van der Waals surface area (Å²) in [4.78, 5) is 12.5. The minimum Gasteiger partial charge on any atom is -0.352 e. The number of benzene rings is 2. The van der Waals surface area contributed by atoms with E-state index in [1.807, 2.05) is 45.0 Å². The number of hydrogen-bond acceptors (Lipinski definition) is 3. The van der Waals surface area contributed by atoms with Crippen LogP contribution in [0.4, 0.5) is 0 Å². The largest absolute Gasteiger partial charge is 0.352 e. The molecule has 25 heavy (non-hydrogen) atoms. The maximum Gasteiger partial charge on any atom is 0.242 e. The molecule has 5 nitrogen and oxygen atoms in total. The summed E-state index contributed by atoms with van der Waals surface area (Å²) < 4.78 is 27.7. The van der Waals surface area contributed by atoms with Crippen molar-refractivity contribution >= 4 is 15.9 Å². The van der Waals surface area contributed by atoms with Crippen LogP contribution >= 0.6 is 0 Å². The molecule has 0 spiro atoms. The summed E-state index contributed by atoms with van der Waals surface area (Å²) in [6, 6.07) is 15.1. The number of rotatable bonds is 7. The van der Waals surface area contributed by atoms with Gasteiger partial charge in [-0.05, 0) is 31.9 Å². The highest BCUT2D eigenvalue weighted by Crippen LogP contribution is 2.16. The van der Waals surface area contributed by atoms with Crippen LogP contribution in [0, 0.1) is 6.92 Å². The van der Waals surface area contributed by atoms with E-state index in [9.17, 15) is 13.2 Å². The van der Waals surface area contributed by atoms with Gasteiger partial charge < -0.3 is 5.32 Å². The van der Waals surface area contributed by atoms with E-state index < -0.39 is 16.1 Å². The normalized spacial score (nSPS) is 12.8. The summed E-state index contributed by atoms with van der Waals surface area (Å²) in [6.07, 6.45) is 0. The lowest BCUT2D eigenvalue weighted by molar-refractivity contribution is -0.123. The van der Waals surface area contributed by atoms with Gasteiger partial charge in [0.1, 0.15) is 6.04 Å². The van der Waals surface area contributed by atoms with Crippen LogP contribution in [0.1, 0.15) is 36.6 Å². The lowest BCUT2D eigenvalue weighted by atomic mass is 10.1. The number of carbonyl (C=O) groups is 1. The third kappa shape index (κ3) is 5.99. The number of sulfonamides is 1. The van der Waals surface area contributed by atoms with Crippen molar-refractivity contribution < 1.29 is 13.2 Å². The zero-order valence-electron chi connectivity index (χ0n) is 14.7. The second-order valence-electron chi connectivity index (χ2n) is 6.37. The Balaban J connectivity index is 2.24. The first-order valence-electron chi connectivity index (χ1n) is 8.18. The molecule has 0 aliphatic rings. The number of amides is 1. The minimum absolute atomic E-state index is 0.0833. The van der Waals surface area contributed by atoms with Gasteiger partial charge >= 0.3 is 0 Å². The van der Waals surface area contributed by atoms with Crippen LogP contribution < -0.4 is 10.0 Å². The summed E-state index contributed by atoms with van der Waals surface area (Å²) in [6.45, 7) is 5.58. The highest BCUT2D eigenvalue weighted by atomic mass is 32.2. The third-order valence-electron chi connectivity index (χ3n) is 3.56. The lowest BCUT2D eigenvalue weighted by Gasteiger charge is -2.20. The molecule has 2 aromatic rings. The fourth-order valence-electron chi connectivity index (χ4n) is 2.53. The first-order chi connectivity index (χ1) is 11.8. The van der Waals surface area contributed by atoms with Gasteiger partial charge in [-0.25, -0.2) is 8.42 Å². The third-order valence-corrected chi connectivity index (χ3v) is 4.87. The average molecular weight is 360 g/mol. The summed E-state index contributed by atoms with van der Waals surface area (Å²) >= 11 is 0. The van der Waals surface area contributed by atoms with Crippen molar-refractivity contribution in [2.45, 2.75) is 38.6 Å². The van der Waals surface area contributed by atoms with Crippen LogP contribution in [0.2, 0.25) is 0 Å². The summed E-state index contributed by atoms with van der Waals surface area (Å²) in [7, 11) is -3.69. The molecule has 0 saturated carbocycles. The zero-order chi connectivity index (χ0) is 18.4. The fraction of sp³-hybridized carbons (Fsp3) is 0.316. The second-order valence-corrected chi connectivity index (χ2v) is 8.13. The Morgan fingerprint density at radius 3 is 2.32 bits per heavy atom. The smallest absolute Gasteiger partial charge is 0.242 e. The highest BCUT2D eigenvalue weighted by molar-refractivity contribution is 7.88. The molecule has 0 unspecified atom stereocenters. The molecule has 0 aromatic heterocycles. The predicted molar refractivity (Wildman–Crippen MR) is 99.4 cm³/mol. The van der Waals surface area contributed by atoms with Gasteiger partial charge in [-0.3, -0.25) is 4.79 Å². The van der Waals surface area contributed by atoms with E-state index in [1.165, 1.54) is 0 Å². The quantitative estimate of drug-likeness (QED) is 0.797. The molecule has 2 N–H and O–H groups in total. The van der Waals surface area contributed by atoms with Gasteiger partial charge in [0.15, 0.2) is 0 Å². The van der Waals surface area contributed by atoms with Crippen LogP contribution in [-0.4, -0.2) is 20.4 Å². The van der Waals surface area contributed by atoms with Crippen LogP contribution in [0.15, 0.2) is 54.6 Å². The molecule has 0 saturated heterocycles. The monoisotopic (exact) mass is 360 g/mol. The standard InChI is InChI=1S/C19H24N2O3S/c1-14(2)20-19(22)18(17-10-5-4-6-11-17)21-25(23,24)13-16-9-7-8-15(3)12-16/h4-12,14,18,21H,13H2,1-3H3,(H,20,22)/t18-/m0/s1. The SMILES string of the molecule is Cc1cccc(CS(=O)(=O)N[C@H](C(=O)NC(C)C)c2ccccc2)c1. The van der Waals surface area contributed by atoms with E-state index in [0.29, 0.717) is 11.1 Å². The van der Waals surface area contributed by atoms with E-state index in [4.69, 9.17) is 0 Å². The molecule has 0 aliphatic carbocycles. The minimum atomic E-state index is -3.69. The highest BCUT2D eigenvalue weighted by Gasteiger charge is 2.26. The van der Waals surface area contributed by atoms with Gasteiger partial charge in [-0.15, -0.1) is 0 Å². The summed E-state index contributed by atoms with van der Waals surface area (Å²) in [5.41, 5.74) is 2.28. The molecule has 0 radical (unpaired) electrons. The number of hydrogen-bond donors (Lipinski definition) is 2. The zero-order valence-corrected chi connectivity index (χ0v) is 15.5. The van der Waals surface area contributed by atoms with E-state index >= 15 is 0 Å². The van der Waals surface area contributed by atoms with E-state index in [1.54, 1.807) is 30.3 Å². The molecule has 0 bridgehead atoms. The molecule has 0 fully saturated rings. The van der Waals surface area contributed by atoms with Crippen molar-refractivity contribution in [3.05, 3.63) is 71.3 Å². The van der Waals surface area contributed by atoms with Gasteiger partial charge in [0.05, 0.1) is 5.75 Å². The molecule has 2 aromatic carbocycles. The summed E-state index contributed by atoms with van der Waals surface area (Å²) in [5.74, 6) is -0.540. The number of carbonyl (C=O) groups excluding carboxylic acids is 1. The van der Waals surface area contributed by atoms with Crippen LogP contribution in [0.3, 0.4) is 0 Å². The van der Waals surface area contributed by atoms with Crippen LogP contribution in [-0.2, 0) is 20.6 Å². The van der Waals surface area contributed by atoms with Crippen molar-refractivity contribution in [3.8, 4) is 0 Å². The Morgan fingerprint density at radius 2 is 1.72 bits per heavy atom. The van der Waals surface area contributed by atoms with Crippen molar-refractivity contribution in [2.24, 2.45) is 0 Å². The maximum atomic E-state index is 12.6. The van der Waals surface area contributed by atoms with Gasteiger partial charge in [-0.1, -0.05) is 60.2 Å². The van der Waals surface area contributed by atoms with Crippen molar-refractivity contribution in [2.75, 3.05) is 0 Å². The van der Waals surface area contributed by atoms with Gasteiger partial charge in [0.2, 0.25) is 15.9 Å². The molecule has 1 atom stereocenters. The molecule has 0 aliphatic heterocycles. The molecular formula is C19H24N2O3S. The Hall–Kier alpha value is -2.18. The first kappa shape index (κ1) is 19.1. The Bertz CT molecular complexity index is 818.